The lowest BCUT2D eigenvalue weighted by molar-refractivity contribution is 0.0487. The number of hydrogen-bond acceptors (Lipinski definition) is 4. The minimum absolute atomic E-state index is 0.206. The van der Waals surface area contributed by atoms with Gasteiger partial charge in [-0.15, -0.1) is 0 Å². The first-order valence-electron chi connectivity index (χ1n) is 8.37. The number of hydrogen-bond donors (Lipinski definition) is 1. The van der Waals surface area contributed by atoms with E-state index in [-0.39, 0.29) is 18.3 Å². The van der Waals surface area contributed by atoms with Crippen LogP contribution in [0.3, 0.4) is 0 Å². The lowest BCUT2D eigenvalue weighted by atomic mass is 10.1. The first-order valence-corrected chi connectivity index (χ1v) is 10.7. The summed E-state index contributed by atoms with van der Waals surface area (Å²) < 4.78 is 32.1. The molecule has 1 aromatic rings. The predicted octanol–water partition coefficient (Wildman–Crippen LogP) is 3.81. The van der Waals surface area contributed by atoms with Gasteiger partial charge >= 0.3 is 6.09 Å². The number of alkyl carbamates (subject to hydrolysis) is 1. The van der Waals surface area contributed by atoms with Crippen molar-refractivity contribution in [1.29, 1.82) is 0 Å². The van der Waals surface area contributed by atoms with Crippen LogP contribution in [-0.2, 0) is 20.5 Å². The molecule has 1 fully saturated rings. The molecule has 1 aliphatic rings. The summed E-state index contributed by atoms with van der Waals surface area (Å²) in [6, 6.07) is 4.47. The second-order valence-electron chi connectivity index (χ2n) is 7.34. The normalized spacial score (nSPS) is 19.2. The molecule has 1 saturated heterocycles. The Hall–Kier alpha value is -1.02. The third-order valence-corrected chi connectivity index (χ3v) is 6.23. The molecule has 0 aliphatic carbocycles. The molecule has 0 radical (unpaired) electrons. The molecule has 1 heterocycles. The number of nitrogens with zero attached hydrogens (tertiary/aromatic N) is 1. The molecule has 0 spiro atoms. The topological polar surface area (TPSA) is 75.7 Å². The molecule has 146 valence electrons. The average Bonchev–Trinajstić information content (AvgIpc) is 2.48. The summed E-state index contributed by atoms with van der Waals surface area (Å²) in [5.41, 5.74) is -0.103. The Morgan fingerprint density at radius 3 is 2.65 bits per heavy atom. The van der Waals surface area contributed by atoms with Crippen molar-refractivity contribution in [3.8, 4) is 0 Å². The number of nitrogens with one attached hydrogen (secondary N) is 1. The maximum Gasteiger partial charge on any atom is 0.407 e. The number of sulfonamides is 1. The van der Waals surface area contributed by atoms with Gasteiger partial charge in [0.2, 0.25) is 10.0 Å². The standard InChI is InChI=1S/C17H24Cl2N2O4S/c1-17(2,3)25-16(22)20-14-5-4-8-21(10-14)26(23,24)11-12-6-7-13(18)9-15(12)19/h6-7,9,14H,4-5,8,10-11H2,1-3H3,(H,20,22)/t14-/m0/s1. The molecule has 0 aromatic heterocycles. The zero-order valence-corrected chi connectivity index (χ0v) is 17.4. The van der Waals surface area contributed by atoms with Crippen molar-refractivity contribution in [3.63, 3.8) is 0 Å². The highest BCUT2D eigenvalue weighted by molar-refractivity contribution is 7.88. The number of carbonyl (C=O) groups is 1. The van der Waals surface area contributed by atoms with Crippen molar-refractivity contribution >= 4 is 39.3 Å². The lowest BCUT2D eigenvalue weighted by Crippen LogP contribution is -2.50. The van der Waals surface area contributed by atoms with Gasteiger partial charge < -0.3 is 10.1 Å². The van der Waals surface area contributed by atoms with Crippen LogP contribution in [0.4, 0.5) is 4.79 Å². The number of piperidine rings is 1. The highest BCUT2D eigenvalue weighted by atomic mass is 35.5. The highest BCUT2D eigenvalue weighted by Gasteiger charge is 2.31. The molecule has 0 unspecified atom stereocenters. The second kappa shape index (κ2) is 8.33. The summed E-state index contributed by atoms with van der Waals surface area (Å²) in [5.74, 6) is -0.206. The van der Waals surface area contributed by atoms with E-state index in [4.69, 9.17) is 27.9 Å². The number of ether oxygens (including phenoxy) is 1. The SMILES string of the molecule is CC(C)(C)OC(=O)N[C@H]1CCCN(S(=O)(=O)Cc2ccc(Cl)cc2Cl)C1. The highest BCUT2D eigenvalue weighted by Crippen LogP contribution is 2.25. The van der Waals surface area contributed by atoms with E-state index in [1.165, 1.54) is 10.4 Å². The Bertz CT molecular complexity index is 763. The van der Waals surface area contributed by atoms with Crippen LogP contribution in [0.5, 0.6) is 0 Å². The van der Waals surface area contributed by atoms with Crippen LogP contribution in [0.25, 0.3) is 0 Å². The maximum atomic E-state index is 12.7. The summed E-state index contributed by atoms with van der Waals surface area (Å²) in [4.78, 5) is 11.9. The van der Waals surface area contributed by atoms with Gasteiger partial charge in [-0.05, 0) is 51.3 Å². The molecule has 0 saturated carbocycles. The summed E-state index contributed by atoms with van der Waals surface area (Å²) in [6.07, 6.45) is 0.823. The van der Waals surface area contributed by atoms with Gasteiger partial charge in [0.1, 0.15) is 5.60 Å². The van der Waals surface area contributed by atoms with Gasteiger partial charge in [-0.2, -0.15) is 4.31 Å². The molecule has 1 atom stereocenters. The number of amides is 1. The third-order valence-electron chi connectivity index (χ3n) is 3.85. The summed E-state index contributed by atoms with van der Waals surface area (Å²) in [6.45, 7) is 5.97. The van der Waals surface area contributed by atoms with Crippen molar-refractivity contribution in [2.75, 3.05) is 13.1 Å². The summed E-state index contributed by atoms with van der Waals surface area (Å²) in [5, 5.41) is 3.52. The quantitative estimate of drug-likeness (QED) is 0.799. The number of carbonyl (C=O) groups excluding carboxylic acids is 1. The number of rotatable bonds is 4. The van der Waals surface area contributed by atoms with Crippen LogP contribution in [0.2, 0.25) is 10.0 Å². The van der Waals surface area contributed by atoms with E-state index in [1.807, 2.05) is 0 Å². The van der Waals surface area contributed by atoms with Gasteiger partial charge in [0.25, 0.3) is 0 Å². The Kier molecular flexibility index (Phi) is 6.82. The lowest BCUT2D eigenvalue weighted by Gasteiger charge is -2.33. The maximum absolute atomic E-state index is 12.7. The minimum atomic E-state index is -3.56. The van der Waals surface area contributed by atoms with Crippen LogP contribution >= 0.6 is 23.2 Å². The van der Waals surface area contributed by atoms with Gasteiger partial charge in [-0.1, -0.05) is 29.3 Å². The van der Waals surface area contributed by atoms with E-state index in [1.54, 1.807) is 32.9 Å². The second-order valence-corrected chi connectivity index (χ2v) is 10.1. The average molecular weight is 423 g/mol. The van der Waals surface area contributed by atoms with E-state index in [0.717, 1.165) is 0 Å². The van der Waals surface area contributed by atoms with E-state index in [2.05, 4.69) is 5.32 Å². The molecule has 2 rings (SSSR count). The van der Waals surface area contributed by atoms with Crippen molar-refractivity contribution < 1.29 is 17.9 Å². The molecule has 0 bridgehead atoms. The first-order chi connectivity index (χ1) is 12.0. The zero-order chi connectivity index (χ0) is 19.5. The van der Waals surface area contributed by atoms with E-state index in [9.17, 15) is 13.2 Å². The van der Waals surface area contributed by atoms with Crippen molar-refractivity contribution in [1.82, 2.24) is 9.62 Å². The zero-order valence-electron chi connectivity index (χ0n) is 15.1. The van der Waals surface area contributed by atoms with Crippen molar-refractivity contribution in [2.45, 2.75) is 51.0 Å². The van der Waals surface area contributed by atoms with Gasteiger partial charge in [0.05, 0.1) is 5.75 Å². The number of halogens is 2. The molecule has 1 N–H and O–H groups in total. The molecule has 1 amide bonds. The van der Waals surface area contributed by atoms with E-state index >= 15 is 0 Å². The van der Waals surface area contributed by atoms with E-state index < -0.39 is 21.7 Å². The van der Waals surface area contributed by atoms with E-state index in [0.29, 0.717) is 35.0 Å². The van der Waals surface area contributed by atoms with Gasteiger partial charge in [-0.3, -0.25) is 0 Å². The van der Waals surface area contributed by atoms with Crippen LogP contribution in [0.1, 0.15) is 39.2 Å². The fraction of sp³-hybridized carbons (Fsp3) is 0.588. The van der Waals surface area contributed by atoms with Gasteiger partial charge in [-0.25, -0.2) is 13.2 Å². The summed E-state index contributed by atoms with van der Waals surface area (Å²) in [7, 11) is -3.56. The monoisotopic (exact) mass is 422 g/mol. The fourth-order valence-electron chi connectivity index (χ4n) is 2.71. The predicted molar refractivity (Wildman–Crippen MR) is 103 cm³/mol. The Morgan fingerprint density at radius 2 is 2.04 bits per heavy atom. The molecular formula is C17H24Cl2N2O4S. The van der Waals surface area contributed by atoms with Crippen LogP contribution in [-0.4, -0.2) is 43.5 Å². The number of benzene rings is 1. The summed E-state index contributed by atoms with van der Waals surface area (Å²) >= 11 is 11.9. The molecule has 26 heavy (non-hydrogen) atoms. The molecule has 9 heteroatoms. The third kappa shape index (κ3) is 6.30. The fourth-order valence-corrected chi connectivity index (χ4v) is 4.91. The molecule has 1 aliphatic heterocycles. The molecule has 1 aromatic carbocycles. The largest absolute Gasteiger partial charge is 0.444 e. The van der Waals surface area contributed by atoms with Gasteiger partial charge in [0.15, 0.2) is 0 Å². The smallest absolute Gasteiger partial charge is 0.407 e. The van der Waals surface area contributed by atoms with Crippen LogP contribution in [0.15, 0.2) is 18.2 Å². The van der Waals surface area contributed by atoms with Gasteiger partial charge in [0, 0.05) is 29.2 Å². The Labute approximate surface area is 164 Å². The molecule has 6 nitrogen and oxygen atoms in total. The van der Waals surface area contributed by atoms with Crippen molar-refractivity contribution in [3.05, 3.63) is 33.8 Å². The Balaban J connectivity index is 2.02. The van der Waals surface area contributed by atoms with Crippen LogP contribution < -0.4 is 5.32 Å². The Morgan fingerprint density at radius 1 is 1.35 bits per heavy atom. The van der Waals surface area contributed by atoms with Crippen LogP contribution in [0, 0.1) is 0 Å². The minimum Gasteiger partial charge on any atom is -0.444 e. The first kappa shape index (κ1) is 21.3. The van der Waals surface area contributed by atoms with Crippen molar-refractivity contribution in [2.24, 2.45) is 0 Å². The molecular weight excluding hydrogens is 399 g/mol.